The molecule has 0 heterocycles. The molecule has 3 aromatic carbocycles. The van der Waals surface area contributed by atoms with Crippen molar-refractivity contribution in [2.24, 2.45) is 0 Å². The maximum absolute atomic E-state index is 11.4. The number of benzene rings is 3. The number of hydrogen-bond donors (Lipinski definition) is 1. The highest BCUT2D eigenvalue weighted by atomic mass is 16.1. The third-order valence-electron chi connectivity index (χ3n) is 3.30. The normalized spacial score (nSPS) is 10.4. The molecule has 2 nitrogen and oxygen atoms in total. The lowest BCUT2D eigenvalue weighted by Crippen LogP contribution is -2.07. The second kappa shape index (κ2) is 5.17. The molecule has 1 amide bonds. The van der Waals surface area contributed by atoms with E-state index in [2.05, 4.69) is 29.6 Å². The first-order valence-corrected chi connectivity index (χ1v) is 6.60. The van der Waals surface area contributed by atoms with Crippen LogP contribution in [0.4, 0.5) is 5.69 Å². The Hall–Kier alpha value is -2.61. The molecule has 0 saturated heterocycles. The Bertz CT molecular complexity index is 763. The maximum atomic E-state index is 11.4. The van der Waals surface area contributed by atoms with Gasteiger partial charge in [-0.25, -0.2) is 0 Å². The van der Waals surface area contributed by atoms with E-state index in [1.54, 1.807) is 0 Å². The summed E-state index contributed by atoms with van der Waals surface area (Å²) in [4.78, 5) is 11.4. The van der Waals surface area contributed by atoms with Gasteiger partial charge in [0.05, 0.1) is 0 Å². The Morgan fingerprint density at radius 2 is 1.55 bits per heavy atom. The molecule has 0 aliphatic rings. The number of fused-ring (bicyclic) bond motifs is 1. The van der Waals surface area contributed by atoms with Gasteiger partial charge in [-0.3, -0.25) is 4.79 Å². The van der Waals surface area contributed by atoms with E-state index >= 15 is 0 Å². The number of anilines is 1. The second-order valence-corrected chi connectivity index (χ2v) is 4.76. The molecule has 0 unspecified atom stereocenters. The average molecular weight is 261 g/mol. The highest BCUT2D eigenvalue weighted by Gasteiger charge is 2.10. The lowest BCUT2D eigenvalue weighted by Gasteiger charge is -2.13. The van der Waals surface area contributed by atoms with Crippen molar-refractivity contribution >= 4 is 22.4 Å². The van der Waals surface area contributed by atoms with Gasteiger partial charge in [-0.1, -0.05) is 60.7 Å². The lowest BCUT2D eigenvalue weighted by molar-refractivity contribution is -0.114. The fraction of sp³-hybridized carbons (Fsp3) is 0.0556. The van der Waals surface area contributed by atoms with Crippen molar-refractivity contribution in [3.63, 3.8) is 0 Å². The van der Waals surface area contributed by atoms with E-state index in [0.29, 0.717) is 0 Å². The van der Waals surface area contributed by atoms with Crippen LogP contribution in [0.1, 0.15) is 6.92 Å². The van der Waals surface area contributed by atoms with Gasteiger partial charge < -0.3 is 5.32 Å². The number of rotatable bonds is 2. The Labute approximate surface area is 118 Å². The van der Waals surface area contributed by atoms with Gasteiger partial charge in [0.25, 0.3) is 0 Å². The third kappa shape index (κ3) is 2.28. The van der Waals surface area contributed by atoms with Crippen LogP contribution in [0.2, 0.25) is 0 Å². The first-order chi connectivity index (χ1) is 9.75. The zero-order valence-corrected chi connectivity index (χ0v) is 11.3. The van der Waals surface area contributed by atoms with Crippen LogP contribution in [0.5, 0.6) is 0 Å². The number of amides is 1. The van der Waals surface area contributed by atoms with Crippen molar-refractivity contribution in [2.45, 2.75) is 6.92 Å². The minimum atomic E-state index is -0.0579. The molecule has 0 spiro atoms. The van der Waals surface area contributed by atoms with Crippen LogP contribution in [-0.4, -0.2) is 5.91 Å². The zero-order valence-electron chi connectivity index (χ0n) is 11.3. The summed E-state index contributed by atoms with van der Waals surface area (Å²) in [6.45, 7) is 1.53. The summed E-state index contributed by atoms with van der Waals surface area (Å²) in [5.41, 5.74) is 3.02. The van der Waals surface area contributed by atoms with Crippen molar-refractivity contribution in [3.05, 3.63) is 66.7 Å². The first kappa shape index (κ1) is 12.4. The largest absolute Gasteiger partial charge is 0.326 e. The van der Waals surface area contributed by atoms with E-state index in [1.165, 1.54) is 12.3 Å². The molecule has 20 heavy (non-hydrogen) atoms. The molecule has 0 atom stereocenters. The summed E-state index contributed by atoms with van der Waals surface area (Å²) in [7, 11) is 0. The topological polar surface area (TPSA) is 29.1 Å². The maximum Gasteiger partial charge on any atom is 0.221 e. The van der Waals surface area contributed by atoms with Gasteiger partial charge in [0, 0.05) is 18.2 Å². The van der Waals surface area contributed by atoms with E-state index in [1.807, 2.05) is 42.5 Å². The van der Waals surface area contributed by atoms with Crippen molar-refractivity contribution in [3.8, 4) is 11.1 Å². The van der Waals surface area contributed by atoms with Crippen LogP contribution in [0.3, 0.4) is 0 Å². The van der Waals surface area contributed by atoms with Crippen molar-refractivity contribution in [1.82, 2.24) is 0 Å². The SMILES string of the molecule is CC(=O)Nc1ccc2ccccc2c1-c1ccccc1. The quantitative estimate of drug-likeness (QED) is 0.724. The Morgan fingerprint density at radius 1 is 0.850 bits per heavy atom. The summed E-state index contributed by atoms with van der Waals surface area (Å²) >= 11 is 0. The molecule has 98 valence electrons. The molecule has 2 heteroatoms. The summed E-state index contributed by atoms with van der Waals surface area (Å²) < 4.78 is 0. The van der Waals surface area contributed by atoms with Crippen molar-refractivity contribution in [2.75, 3.05) is 5.32 Å². The van der Waals surface area contributed by atoms with Crippen LogP contribution >= 0.6 is 0 Å². The van der Waals surface area contributed by atoms with Crippen LogP contribution < -0.4 is 5.32 Å². The van der Waals surface area contributed by atoms with E-state index in [0.717, 1.165) is 22.2 Å². The van der Waals surface area contributed by atoms with Gasteiger partial charge >= 0.3 is 0 Å². The molecule has 0 bridgehead atoms. The second-order valence-electron chi connectivity index (χ2n) is 4.76. The summed E-state index contributed by atoms with van der Waals surface area (Å²) in [5, 5.41) is 5.24. The minimum absolute atomic E-state index is 0.0579. The molecule has 1 N–H and O–H groups in total. The number of carbonyl (C=O) groups is 1. The minimum Gasteiger partial charge on any atom is -0.326 e. The van der Waals surface area contributed by atoms with Crippen molar-refractivity contribution in [1.29, 1.82) is 0 Å². The van der Waals surface area contributed by atoms with Gasteiger partial charge in [-0.2, -0.15) is 0 Å². The smallest absolute Gasteiger partial charge is 0.221 e. The van der Waals surface area contributed by atoms with E-state index < -0.39 is 0 Å². The first-order valence-electron chi connectivity index (χ1n) is 6.60. The van der Waals surface area contributed by atoms with Gasteiger partial charge in [-0.15, -0.1) is 0 Å². The average Bonchev–Trinajstić information content (AvgIpc) is 2.47. The number of nitrogens with one attached hydrogen (secondary N) is 1. The lowest BCUT2D eigenvalue weighted by atomic mass is 9.96. The molecule has 3 aromatic rings. The predicted molar refractivity (Wildman–Crippen MR) is 83.7 cm³/mol. The van der Waals surface area contributed by atoms with E-state index in [4.69, 9.17) is 0 Å². The molecular weight excluding hydrogens is 246 g/mol. The highest BCUT2D eigenvalue weighted by molar-refractivity contribution is 6.06. The predicted octanol–water partition coefficient (Wildman–Crippen LogP) is 4.47. The van der Waals surface area contributed by atoms with Gasteiger partial charge in [0.2, 0.25) is 5.91 Å². The molecule has 0 fully saturated rings. The highest BCUT2D eigenvalue weighted by Crippen LogP contribution is 2.35. The van der Waals surface area contributed by atoms with Crippen LogP contribution in [0, 0.1) is 0 Å². The summed E-state index contributed by atoms with van der Waals surface area (Å²) in [5.74, 6) is -0.0579. The van der Waals surface area contributed by atoms with Crippen LogP contribution in [0.15, 0.2) is 66.7 Å². The Morgan fingerprint density at radius 3 is 2.30 bits per heavy atom. The molecule has 0 aromatic heterocycles. The molecule has 3 rings (SSSR count). The van der Waals surface area contributed by atoms with Crippen LogP contribution in [0.25, 0.3) is 21.9 Å². The monoisotopic (exact) mass is 261 g/mol. The summed E-state index contributed by atoms with van der Waals surface area (Å²) in [6, 6.07) is 22.3. The van der Waals surface area contributed by atoms with Gasteiger partial charge in [0.1, 0.15) is 0 Å². The number of carbonyl (C=O) groups excluding carboxylic acids is 1. The Balaban J connectivity index is 2.31. The van der Waals surface area contributed by atoms with Gasteiger partial charge in [0.15, 0.2) is 0 Å². The number of hydrogen-bond acceptors (Lipinski definition) is 1. The summed E-state index contributed by atoms with van der Waals surface area (Å²) in [6.07, 6.45) is 0. The zero-order chi connectivity index (χ0) is 13.9. The van der Waals surface area contributed by atoms with E-state index in [9.17, 15) is 4.79 Å². The van der Waals surface area contributed by atoms with Gasteiger partial charge in [-0.05, 0) is 22.4 Å². The molecule has 0 aliphatic heterocycles. The fourth-order valence-corrected chi connectivity index (χ4v) is 2.48. The van der Waals surface area contributed by atoms with Crippen molar-refractivity contribution < 1.29 is 4.79 Å². The molecular formula is C18H15NO. The molecule has 0 aliphatic carbocycles. The standard InChI is InChI=1S/C18H15NO/c1-13(20)19-17-12-11-14-7-5-6-10-16(14)18(17)15-8-3-2-4-9-15/h2-12H,1H3,(H,19,20). The third-order valence-corrected chi connectivity index (χ3v) is 3.30. The fourth-order valence-electron chi connectivity index (χ4n) is 2.48. The van der Waals surface area contributed by atoms with E-state index in [-0.39, 0.29) is 5.91 Å². The Kier molecular flexibility index (Phi) is 3.21. The molecule has 0 saturated carbocycles. The molecule has 0 radical (unpaired) electrons. The van der Waals surface area contributed by atoms with Crippen LogP contribution in [-0.2, 0) is 4.79 Å².